The van der Waals surface area contributed by atoms with E-state index in [1.54, 1.807) is 55.5 Å². The highest BCUT2D eigenvalue weighted by molar-refractivity contribution is 6.52. The molecule has 160 valence electrons. The van der Waals surface area contributed by atoms with Crippen LogP contribution in [0.2, 0.25) is 5.02 Å². The molecule has 1 unspecified atom stereocenters. The number of nitrogens with zero attached hydrogens (tertiary/aromatic N) is 2. The van der Waals surface area contributed by atoms with Gasteiger partial charge < -0.3 is 5.11 Å². The summed E-state index contributed by atoms with van der Waals surface area (Å²) >= 11 is 6.17. The van der Waals surface area contributed by atoms with E-state index in [1.165, 1.54) is 23.1 Å². The second kappa shape index (κ2) is 8.28. The van der Waals surface area contributed by atoms with Gasteiger partial charge in [0.1, 0.15) is 5.76 Å². The number of hydrogen-bond donors (Lipinski definition) is 1. The lowest BCUT2D eigenvalue weighted by Gasteiger charge is -2.27. The summed E-state index contributed by atoms with van der Waals surface area (Å²) in [6.07, 6.45) is 0. The summed E-state index contributed by atoms with van der Waals surface area (Å²) in [5, 5.41) is 22.6. The molecule has 1 amide bonds. The van der Waals surface area contributed by atoms with Crippen LogP contribution in [0.25, 0.3) is 5.76 Å². The quantitative estimate of drug-likeness (QED) is 0.195. The van der Waals surface area contributed by atoms with Gasteiger partial charge in [-0.15, -0.1) is 0 Å². The van der Waals surface area contributed by atoms with E-state index in [2.05, 4.69) is 0 Å². The van der Waals surface area contributed by atoms with E-state index in [1.807, 2.05) is 0 Å². The highest BCUT2D eigenvalue weighted by atomic mass is 35.5. The van der Waals surface area contributed by atoms with Crippen molar-refractivity contribution < 1.29 is 19.6 Å². The molecule has 1 fully saturated rings. The molecular formula is C24H17ClN2O5. The van der Waals surface area contributed by atoms with Gasteiger partial charge in [0.15, 0.2) is 0 Å². The number of nitro groups is 1. The maximum absolute atomic E-state index is 13.2. The van der Waals surface area contributed by atoms with Crippen LogP contribution < -0.4 is 4.90 Å². The topological polar surface area (TPSA) is 101 Å². The first-order chi connectivity index (χ1) is 15.3. The van der Waals surface area contributed by atoms with Crippen LogP contribution >= 0.6 is 11.6 Å². The molecule has 3 aromatic rings. The number of anilines is 1. The monoisotopic (exact) mass is 448 g/mol. The van der Waals surface area contributed by atoms with E-state index >= 15 is 0 Å². The number of halogens is 1. The zero-order chi connectivity index (χ0) is 23.0. The molecule has 1 saturated heterocycles. The summed E-state index contributed by atoms with van der Waals surface area (Å²) < 4.78 is 0. The third-order valence-electron chi connectivity index (χ3n) is 5.32. The first kappa shape index (κ1) is 21.3. The number of benzene rings is 3. The Kier molecular flexibility index (Phi) is 5.50. The van der Waals surface area contributed by atoms with E-state index in [0.29, 0.717) is 21.8 Å². The van der Waals surface area contributed by atoms with Gasteiger partial charge in [-0.25, -0.2) is 0 Å². The van der Waals surface area contributed by atoms with Crippen LogP contribution in [0.5, 0.6) is 0 Å². The maximum atomic E-state index is 13.2. The number of carbonyl (C=O) groups excluding carboxylic acids is 2. The van der Waals surface area contributed by atoms with Crippen molar-refractivity contribution in [3.05, 3.63) is 110 Å². The van der Waals surface area contributed by atoms with Crippen LogP contribution in [0, 0.1) is 17.0 Å². The fraction of sp³-hybridized carbons (Fsp3) is 0.0833. The summed E-state index contributed by atoms with van der Waals surface area (Å²) in [5.41, 5.74) is 1.42. The number of Topliss-reactive ketones (excluding diaryl/α,β-unsaturated/α-hetero) is 1. The molecule has 32 heavy (non-hydrogen) atoms. The lowest BCUT2D eigenvalue weighted by atomic mass is 9.95. The second-order valence-corrected chi connectivity index (χ2v) is 7.75. The zero-order valence-electron chi connectivity index (χ0n) is 16.9. The van der Waals surface area contributed by atoms with Crippen molar-refractivity contribution in [1.29, 1.82) is 0 Å². The smallest absolute Gasteiger partial charge is 0.300 e. The SMILES string of the molecule is Cc1ccc(Cl)cc1N1C(=O)C(=O)/C(=C(\O)c2cccc([N+](=O)[O-])c2)C1c1ccccc1. The molecule has 4 rings (SSSR count). The standard InChI is InChI=1S/C24H17ClN2O5/c1-14-10-11-17(25)13-19(14)26-21(15-6-3-2-4-7-15)20(23(29)24(26)30)22(28)16-8-5-9-18(12-16)27(31)32/h2-13,21,28H,1H3/b22-20-. The van der Waals surface area contributed by atoms with E-state index in [-0.39, 0.29) is 16.8 Å². The third-order valence-corrected chi connectivity index (χ3v) is 5.56. The molecular weight excluding hydrogens is 432 g/mol. The van der Waals surface area contributed by atoms with Crippen LogP contribution in [0.1, 0.15) is 22.7 Å². The van der Waals surface area contributed by atoms with Gasteiger partial charge in [0.2, 0.25) is 0 Å². The summed E-state index contributed by atoms with van der Waals surface area (Å²) in [6.45, 7) is 1.79. The first-order valence-electron chi connectivity index (χ1n) is 9.66. The van der Waals surface area contributed by atoms with Crippen LogP contribution in [0.15, 0.2) is 78.4 Å². The lowest BCUT2D eigenvalue weighted by Crippen LogP contribution is -2.30. The first-order valence-corrected chi connectivity index (χ1v) is 10.0. The Balaban J connectivity index is 1.97. The number of aryl methyl sites for hydroxylation is 1. The summed E-state index contributed by atoms with van der Waals surface area (Å²) in [7, 11) is 0. The van der Waals surface area contributed by atoms with Crippen molar-refractivity contribution in [1.82, 2.24) is 0 Å². The highest BCUT2D eigenvalue weighted by Crippen LogP contribution is 2.43. The third kappa shape index (κ3) is 3.63. The van der Waals surface area contributed by atoms with Crippen molar-refractivity contribution in [3.8, 4) is 0 Å². The normalized spacial score (nSPS) is 17.6. The zero-order valence-corrected chi connectivity index (χ0v) is 17.6. The van der Waals surface area contributed by atoms with Gasteiger partial charge in [-0.3, -0.25) is 24.6 Å². The van der Waals surface area contributed by atoms with Crippen LogP contribution in [-0.2, 0) is 9.59 Å². The van der Waals surface area contributed by atoms with Crippen molar-refractivity contribution >= 4 is 40.4 Å². The lowest BCUT2D eigenvalue weighted by molar-refractivity contribution is -0.384. The predicted octanol–water partition coefficient (Wildman–Crippen LogP) is 5.18. The van der Waals surface area contributed by atoms with Gasteiger partial charge in [0, 0.05) is 28.4 Å². The summed E-state index contributed by atoms with van der Waals surface area (Å²) in [5.74, 6) is -2.19. The summed E-state index contributed by atoms with van der Waals surface area (Å²) in [4.78, 5) is 38.2. The molecule has 7 nitrogen and oxygen atoms in total. The molecule has 1 aliphatic rings. The van der Waals surface area contributed by atoms with Gasteiger partial charge in [0.05, 0.1) is 16.5 Å². The molecule has 0 aliphatic carbocycles. The fourth-order valence-electron chi connectivity index (χ4n) is 3.80. The molecule has 1 N–H and O–H groups in total. The van der Waals surface area contributed by atoms with E-state index < -0.39 is 28.4 Å². The van der Waals surface area contributed by atoms with Gasteiger partial charge in [0.25, 0.3) is 17.4 Å². The van der Waals surface area contributed by atoms with Gasteiger partial charge in [-0.05, 0) is 30.2 Å². The number of nitro benzene ring substituents is 1. The number of carbonyl (C=O) groups is 2. The number of amides is 1. The number of ketones is 1. The molecule has 8 heteroatoms. The van der Waals surface area contributed by atoms with Crippen molar-refractivity contribution in [3.63, 3.8) is 0 Å². The van der Waals surface area contributed by atoms with E-state index in [4.69, 9.17) is 11.6 Å². The molecule has 1 aliphatic heterocycles. The van der Waals surface area contributed by atoms with Crippen molar-refractivity contribution in [2.45, 2.75) is 13.0 Å². The van der Waals surface area contributed by atoms with E-state index in [9.17, 15) is 24.8 Å². The number of aliphatic hydroxyl groups excluding tert-OH is 1. The Hall–Kier alpha value is -3.97. The fourth-order valence-corrected chi connectivity index (χ4v) is 3.96. The molecule has 0 aromatic heterocycles. The number of hydrogen-bond acceptors (Lipinski definition) is 5. The van der Waals surface area contributed by atoms with Crippen molar-refractivity contribution in [2.75, 3.05) is 4.90 Å². The Morgan fingerprint density at radius 1 is 1.03 bits per heavy atom. The van der Waals surface area contributed by atoms with Crippen molar-refractivity contribution in [2.24, 2.45) is 0 Å². The Bertz CT molecular complexity index is 1290. The number of aliphatic hydroxyl groups is 1. The second-order valence-electron chi connectivity index (χ2n) is 7.32. The minimum Gasteiger partial charge on any atom is -0.507 e. The van der Waals surface area contributed by atoms with E-state index in [0.717, 1.165) is 6.07 Å². The molecule has 1 atom stereocenters. The van der Waals surface area contributed by atoms with Crippen LogP contribution in [-0.4, -0.2) is 21.7 Å². The maximum Gasteiger partial charge on any atom is 0.300 e. The summed E-state index contributed by atoms with van der Waals surface area (Å²) in [6, 6.07) is 18.1. The predicted molar refractivity (Wildman–Crippen MR) is 121 cm³/mol. The molecule has 1 heterocycles. The van der Waals surface area contributed by atoms with Crippen LogP contribution in [0.3, 0.4) is 0 Å². The number of non-ortho nitro benzene ring substituents is 1. The molecule has 0 radical (unpaired) electrons. The average Bonchev–Trinajstić information content (AvgIpc) is 3.06. The van der Waals surface area contributed by atoms with Gasteiger partial charge in [-0.1, -0.05) is 60.1 Å². The molecule has 0 saturated carbocycles. The largest absolute Gasteiger partial charge is 0.507 e. The van der Waals surface area contributed by atoms with Gasteiger partial charge in [-0.2, -0.15) is 0 Å². The molecule has 3 aromatic carbocycles. The Morgan fingerprint density at radius 3 is 2.44 bits per heavy atom. The highest BCUT2D eigenvalue weighted by Gasteiger charge is 2.47. The van der Waals surface area contributed by atoms with Crippen LogP contribution in [0.4, 0.5) is 11.4 Å². The Morgan fingerprint density at radius 2 is 1.75 bits per heavy atom. The Labute approximate surface area is 188 Å². The molecule has 0 bridgehead atoms. The minimum absolute atomic E-state index is 0.0703. The number of rotatable bonds is 4. The molecule has 0 spiro atoms. The van der Waals surface area contributed by atoms with Gasteiger partial charge >= 0.3 is 0 Å². The minimum atomic E-state index is -0.937. The average molecular weight is 449 g/mol.